The van der Waals surface area contributed by atoms with Crippen LogP contribution in [0.15, 0.2) is 48.7 Å². The maximum absolute atomic E-state index is 14.2. The number of benzene rings is 2. The minimum Gasteiger partial charge on any atom is -0.494 e. The van der Waals surface area contributed by atoms with E-state index in [4.69, 9.17) is 9.47 Å². The molecule has 2 saturated heterocycles. The minimum atomic E-state index is -4.69. The Morgan fingerprint density at radius 2 is 1.84 bits per heavy atom. The lowest BCUT2D eigenvalue weighted by Crippen LogP contribution is -2.56. The molecule has 3 aliphatic rings. The summed E-state index contributed by atoms with van der Waals surface area (Å²) in [5, 5.41) is 3.05. The van der Waals surface area contributed by atoms with Crippen molar-refractivity contribution in [3.05, 3.63) is 71.0 Å². The number of anilines is 3. The molecule has 0 amide bonds. The summed E-state index contributed by atoms with van der Waals surface area (Å²) in [6.07, 6.45) is -2.48. The highest BCUT2D eigenvalue weighted by molar-refractivity contribution is 7.88. The van der Waals surface area contributed by atoms with E-state index in [1.165, 1.54) is 18.5 Å². The summed E-state index contributed by atoms with van der Waals surface area (Å²) >= 11 is 0. The molecule has 0 bridgehead atoms. The lowest BCUT2D eigenvalue weighted by Gasteiger charge is -2.43. The minimum absolute atomic E-state index is 0.0103. The summed E-state index contributed by atoms with van der Waals surface area (Å²) in [6, 6.07) is 12.9. The Balaban J connectivity index is 1.24. The Morgan fingerprint density at radius 3 is 2.49 bits per heavy atom. The number of nitrogens with zero attached hydrogens (tertiary/aromatic N) is 5. The van der Waals surface area contributed by atoms with Crippen molar-refractivity contribution in [2.45, 2.75) is 31.1 Å². The summed E-state index contributed by atoms with van der Waals surface area (Å²) in [6.45, 7) is 5.16. The standard InChI is InChI=1S/C31H37F3N6O4S/c1-38(45(3,41)42)29-21(14-20-6-4-5-7-24(20)29)15-27-25(31(32,33)34)17-35-30(37-27)36-26-9-8-22(16-28(26)43-2)39-10-12-40(13-11-39)23-18-44-19-23/h4-9,16-17,21,23,29H,10-15,18-19H2,1-3H3,(H,35,36,37)/t21-,29-/m0/s1. The number of aromatic nitrogens is 2. The average molecular weight is 647 g/mol. The first-order chi connectivity index (χ1) is 21.4. The first-order valence-corrected chi connectivity index (χ1v) is 16.7. The lowest BCUT2D eigenvalue weighted by molar-refractivity contribution is -0.138. The lowest BCUT2D eigenvalue weighted by atomic mass is 9.93. The van der Waals surface area contributed by atoms with Gasteiger partial charge in [-0.15, -0.1) is 0 Å². The van der Waals surface area contributed by atoms with Gasteiger partial charge in [-0.05, 0) is 42.0 Å². The van der Waals surface area contributed by atoms with Crippen molar-refractivity contribution < 1.29 is 31.1 Å². The third-order valence-electron chi connectivity index (χ3n) is 9.09. The number of fused-ring (bicyclic) bond motifs is 1. The fraction of sp³-hybridized carbons (Fsp3) is 0.484. The van der Waals surface area contributed by atoms with Gasteiger partial charge in [0.2, 0.25) is 16.0 Å². The molecule has 45 heavy (non-hydrogen) atoms. The van der Waals surface area contributed by atoms with Crippen LogP contribution >= 0.6 is 0 Å². The van der Waals surface area contributed by atoms with Crippen molar-refractivity contribution in [1.82, 2.24) is 19.2 Å². The molecule has 1 aromatic heterocycles. The second-order valence-corrected chi connectivity index (χ2v) is 13.9. The number of sulfonamides is 1. The Morgan fingerprint density at radius 1 is 1.11 bits per heavy atom. The van der Waals surface area contributed by atoms with Crippen LogP contribution in [-0.2, 0) is 33.8 Å². The number of ether oxygens (including phenoxy) is 2. The highest BCUT2D eigenvalue weighted by atomic mass is 32.2. The number of rotatable bonds is 9. The molecule has 0 spiro atoms. The number of halogens is 3. The van der Waals surface area contributed by atoms with Gasteiger partial charge in [-0.25, -0.2) is 18.4 Å². The van der Waals surface area contributed by atoms with Crippen molar-refractivity contribution >= 4 is 27.3 Å². The highest BCUT2D eigenvalue weighted by Crippen LogP contribution is 2.44. The maximum atomic E-state index is 14.2. The van der Waals surface area contributed by atoms with E-state index in [0.29, 0.717) is 23.9 Å². The van der Waals surface area contributed by atoms with Gasteiger partial charge in [0.05, 0.1) is 55.6 Å². The molecule has 2 aromatic carbocycles. The summed E-state index contributed by atoms with van der Waals surface area (Å²) in [4.78, 5) is 13.1. The van der Waals surface area contributed by atoms with Crippen LogP contribution in [0.2, 0.25) is 0 Å². The van der Waals surface area contributed by atoms with Crippen LogP contribution in [0.3, 0.4) is 0 Å². The summed E-state index contributed by atoms with van der Waals surface area (Å²) in [5.41, 5.74) is 2.06. The fourth-order valence-corrected chi connectivity index (χ4v) is 7.24. The molecule has 2 fully saturated rings. The topological polar surface area (TPSA) is 100 Å². The zero-order chi connectivity index (χ0) is 31.9. The second kappa shape index (κ2) is 12.4. The Labute approximate surface area is 261 Å². The monoisotopic (exact) mass is 646 g/mol. The molecule has 14 heteroatoms. The first-order valence-electron chi connectivity index (χ1n) is 14.9. The Hall–Kier alpha value is -3.46. The summed E-state index contributed by atoms with van der Waals surface area (Å²) < 4.78 is 79.8. The third-order valence-corrected chi connectivity index (χ3v) is 10.4. The number of nitrogens with one attached hydrogen (secondary N) is 1. The van der Waals surface area contributed by atoms with Gasteiger partial charge in [0.1, 0.15) is 5.75 Å². The molecule has 3 aromatic rings. The van der Waals surface area contributed by atoms with E-state index in [2.05, 4.69) is 25.1 Å². The first kappa shape index (κ1) is 31.5. The van der Waals surface area contributed by atoms with Gasteiger partial charge >= 0.3 is 6.18 Å². The maximum Gasteiger partial charge on any atom is 0.419 e. The number of piperazine rings is 1. The average Bonchev–Trinajstić information content (AvgIpc) is 3.33. The van der Waals surface area contributed by atoms with Crippen LogP contribution in [0.4, 0.5) is 30.5 Å². The molecule has 1 aliphatic carbocycles. The van der Waals surface area contributed by atoms with Crippen molar-refractivity contribution in [2.24, 2.45) is 5.92 Å². The predicted octanol–water partition coefficient (Wildman–Crippen LogP) is 4.12. The smallest absolute Gasteiger partial charge is 0.419 e. The largest absolute Gasteiger partial charge is 0.494 e. The Bertz CT molecular complexity index is 1640. The van der Waals surface area contributed by atoms with E-state index in [9.17, 15) is 21.6 Å². The normalized spacial score (nSPS) is 21.1. The predicted molar refractivity (Wildman–Crippen MR) is 164 cm³/mol. The molecule has 0 saturated carbocycles. The molecular weight excluding hydrogens is 609 g/mol. The van der Waals surface area contributed by atoms with E-state index in [0.717, 1.165) is 68.7 Å². The molecular formula is C31H37F3N6O4S. The summed E-state index contributed by atoms with van der Waals surface area (Å²) in [5.74, 6) is 0.0365. The van der Waals surface area contributed by atoms with Crippen LogP contribution in [0.25, 0.3) is 0 Å². The van der Waals surface area contributed by atoms with Gasteiger partial charge in [-0.3, -0.25) is 4.90 Å². The van der Waals surface area contributed by atoms with Gasteiger partial charge in [0.25, 0.3) is 0 Å². The van der Waals surface area contributed by atoms with Crippen molar-refractivity contribution in [1.29, 1.82) is 0 Å². The van der Waals surface area contributed by atoms with Gasteiger partial charge in [-0.2, -0.15) is 17.5 Å². The molecule has 0 unspecified atom stereocenters. The van der Waals surface area contributed by atoms with E-state index < -0.39 is 33.7 Å². The fourth-order valence-electron chi connectivity index (χ4n) is 6.54. The van der Waals surface area contributed by atoms with Crippen LogP contribution < -0.4 is 15.0 Å². The SMILES string of the molecule is COc1cc(N2CCN(C3COC3)CC2)ccc1Nc1ncc(C(F)(F)F)c(C[C@@H]2Cc3ccccc3[C@H]2N(C)S(C)(=O)=O)n1. The van der Waals surface area contributed by atoms with Gasteiger partial charge in [-0.1, -0.05) is 24.3 Å². The number of hydrogen-bond acceptors (Lipinski definition) is 9. The Kier molecular flexibility index (Phi) is 8.67. The van der Waals surface area contributed by atoms with Crippen molar-refractivity contribution in [3.63, 3.8) is 0 Å². The third kappa shape index (κ3) is 6.60. The van der Waals surface area contributed by atoms with E-state index in [1.54, 1.807) is 0 Å². The second-order valence-electron chi connectivity index (χ2n) is 11.9. The molecule has 1 N–H and O–H groups in total. The molecule has 6 rings (SSSR count). The van der Waals surface area contributed by atoms with Crippen LogP contribution in [0, 0.1) is 5.92 Å². The van der Waals surface area contributed by atoms with Crippen LogP contribution in [0.1, 0.15) is 28.4 Å². The number of alkyl halides is 3. The zero-order valence-electron chi connectivity index (χ0n) is 25.4. The number of methoxy groups -OCH3 is 1. The zero-order valence-corrected chi connectivity index (χ0v) is 26.2. The van der Waals surface area contributed by atoms with Gasteiger partial charge in [0.15, 0.2) is 0 Å². The van der Waals surface area contributed by atoms with Gasteiger partial charge < -0.3 is 19.7 Å². The van der Waals surface area contributed by atoms with E-state index in [-0.39, 0.29) is 18.1 Å². The van der Waals surface area contributed by atoms with Crippen molar-refractivity contribution in [3.8, 4) is 5.75 Å². The van der Waals surface area contributed by atoms with Crippen molar-refractivity contribution in [2.75, 3.05) is 70.0 Å². The summed E-state index contributed by atoms with van der Waals surface area (Å²) in [7, 11) is -0.625. The van der Waals surface area contributed by atoms with Crippen LogP contribution in [-0.4, -0.2) is 93.4 Å². The van der Waals surface area contributed by atoms with E-state index in [1.807, 2.05) is 42.5 Å². The molecule has 0 radical (unpaired) electrons. The number of hydrogen-bond donors (Lipinski definition) is 1. The van der Waals surface area contributed by atoms with E-state index >= 15 is 0 Å². The molecule has 10 nitrogen and oxygen atoms in total. The quantitative estimate of drug-likeness (QED) is 0.368. The molecule has 2 atom stereocenters. The molecule has 2 aliphatic heterocycles. The molecule has 242 valence electrons. The van der Waals surface area contributed by atoms with Gasteiger partial charge in [0, 0.05) is 51.2 Å². The van der Waals surface area contributed by atoms with Crippen LogP contribution in [0.5, 0.6) is 5.75 Å². The molecule has 3 heterocycles. The highest BCUT2D eigenvalue weighted by Gasteiger charge is 2.41.